The molecule has 37 heavy (non-hydrogen) atoms. The van der Waals surface area contributed by atoms with Crippen LogP contribution in [-0.4, -0.2) is 29.9 Å². The number of hydrogen-bond donors (Lipinski definition) is 2. The maximum atomic E-state index is 4.96. The number of aryl methyl sites for hydroxylation is 1. The number of benzene rings is 4. The first kappa shape index (κ1) is 20.8. The molecule has 0 saturated carbocycles. The van der Waals surface area contributed by atoms with Gasteiger partial charge in [0.05, 0.1) is 27.6 Å². The van der Waals surface area contributed by atoms with Crippen molar-refractivity contribution in [3.63, 3.8) is 0 Å². The van der Waals surface area contributed by atoms with Crippen molar-refractivity contribution in [1.29, 1.82) is 0 Å². The number of hydrogen-bond acceptors (Lipinski definition) is 5. The lowest BCUT2D eigenvalue weighted by Crippen LogP contribution is -1.89. The van der Waals surface area contributed by atoms with E-state index in [4.69, 9.17) is 15.0 Å². The molecule has 0 amide bonds. The molecule has 0 aliphatic carbocycles. The highest BCUT2D eigenvalue weighted by molar-refractivity contribution is 7.18. The molecule has 178 valence electrons. The monoisotopic (exact) mass is 498 g/mol. The number of thiophene rings is 1. The number of imidazole rings is 2. The van der Waals surface area contributed by atoms with Crippen LogP contribution in [0.25, 0.3) is 75.9 Å². The highest BCUT2D eigenvalue weighted by atomic mass is 32.1. The van der Waals surface area contributed by atoms with Gasteiger partial charge in [0.15, 0.2) is 0 Å². The molecule has 0 radical (unpaired) electrons. The summed E-state index contributed by atoms with van der Waals surface area (Å²) in [5.41, 5.74) is 8.11. The van der Waals surface area contributed by atoms with E-state index in [2.05, 4.69) is 76.6 Å². The number of aromatic amines is 2. The van der Waals surface area contributed by atoms with E-state index in [-0.39, 0.29) is 0 Å². The Morgan fingerprint density at radius 1 is 0.676 bits per heavy atom. The molecule has 4 aromatic heterocycles. The molecule has 4 heterocycles. The molecule has 0 fully saturated rings. The summed E-state index contributed by atoms with van der Waals surface area (Å²) in [6, 6.07) is 15.5. The van der Waals surface area contributed by atoms with Gasteiger partial charge in [0, 0.05) is 49.9 Å². The minimum atomic E-state index is 0.343. The third-order valence-electron chi connectivity index (χ3n) is 7.34. The summed E-state index contributed by atoms with van der Waals surface area (Å²) >= 11 is 1.78. The summed E-state index contributed by atoms with van der Waals surface area (Å²) in [6.45, 7) is 6.33. The summed E-state index contributed by atoms with van der Waals surface area (Å²) in [7, 11) is 0. The molecule has 0 bridgehead atoms. The predicted molar refractivity (Wildman–Crippen MR) is 153 cm³/mol. The van der Waals surface area contributed by atoms with Crippen LogP contribution >= 0.6 is 11.3 Å². The van der Waals surface area contributed by atoms with Crippen molar-refractivity contribution in [3.05, 3.63) is 71.9 Å². The minimum absolute atomic E-state index is 0.343. The normalized spacial score (nSPS) is 12.4. The fourth-order valence-corrected chi connectivity index (χ4v) is 6.52. The SMILES string of the molecule is Cc1nc2c3ccc(-c4ccc5c(c4)c4sccc4c4nc(C(C)C)[nH]c54)cc3c3nccnc3c2[nH]1. The van der Waals surface area contributed by atoms with E-state index in [1.165, 1.54) is 26.4 Å². The second kappa shape index (κ2) is 7.33. The molecule has 0 atom stereocenters. The van der Waals surface area contributed by atoms with Gasteiger partial charge < -0.3 is 9.97 Å². The summed E-state index contributed by atoms with van der Waals surface area (Å²) in [4.78, 5) is 26.1. The van der Waals surface area contributed by atoms with Crippen LogP contribution in [0.4, 0.5) is 0 Å². The van der Waals surface area contributed by atoms with Crippen LogP contribution < -0.4 is 0 Å². The van der Waals surface area contributed by atoms with Gasteiger partial charge in [-0.3, -0.25) is 9.97 Å². The smallest absolute Gasteiger partial charge is 0.115 e. The van der Waals surface area contributed by atoms with Crippen molar-refractivity contribution in [2.45, 2.75) is 26.7 Å². The fourth-order valence-electron chi connectivity index (χ4n) is 5.59. The average molecular weight is 499 g/mol. The van der Waals surface area contributed by atoms with E-state index in [9.17, 15) is 0 Å². The predicted octanol–water partition coefficient (Wildman–Crippen LogP) is 8.00. The first-order chi connectivity index (χ1) is 18.1. The van der Waals surface area contributed by atoms with Gasteiger partial charge in [0.2, 0.25) is 0 Å². The number of nitrogens with one attached hydrogen (secondary N) is 2. The van der Waals surface area contributed by atoms with E-state index >= 15 is 0 Å². The van der Waals surface area contributed by atoms with Crippen LogP contribution in [0.2, 0.25) is 0 Å². The zero-order chi connectivity index (χ0) is 24.8. The van der Waals surface area contributed by atoms with E-state index in [1.54, 1.807) is 23.7 Å². The highest BCUT2D eigenvalue weighted by Gasteiger charge is 2.17. The number of nitrogens with zero attached hydrogens (tertiary/aromatic N) is 4. The molecule has 0 unspecified atom stereocenters. The molecule has 8 rings (SSSR count). The average Bonchev–Trinajstić information content (AvgIpc) is 3.66. The Balaban J connectivity index is 1.41. The van der Waals surface area contributed by atoms with Crippen LogP contribution in [0.1, 0.15) is 31.4 Å². The molecular weight excluding hydrogens is 476 g/mol. The maximum Gasteiger partial charge on any atom is 0.115 e. The molecule has 0 aliphatic heterocycles. The number of H-pyrrole nitrogens is 2. The van der Waals surface area contributed by atoms with Crippen LogP contribution in [0.15, 0.2) is 60.2 Å². The summed E-state index contributed by atoms with van der Waals surface area (Å²) in [5, 5.41) is 7.97. The minimum Gasteiger partial charge on any atom is -0.341 e. The van der Waals surface area contributed by atoms with Gasteiger partial charge in [0.1, 0.15) is 17.2 Å². The van der Waals surface area contributed by atoms with E-state index < -0.39 is 0 Å². The Kier molecular flexibility index (Phi) is 4.12. The molecule has 6 nitrogen and oxygen atoms in total. The third kappa shape index (κ3) is 2.86. The highest BCUT2D eigenvalue weighted by Crippen LogP contribution is 2.40. The Morgan fingerprint density at radius 3 is 2.22 bits per heavy atom. The lowest BCUT2D eigenvalue weighted by Gasteiger charge is -2.10. The van der Waals surface area contributed by atoms with Crippen molar-refractivity contribution in [1.82, 2.24) is 29.9 Å². The van der Waals surface area contributed by atoms with Crippen LogP contribution in [-0.2, 0) is 0 Å². The second-order valence-corrected chi connectivity index (χ2v) is 10.9. The molecule has 2 N–H and O–H groups in total. The first-order valence-corrected chi connectivity index (χ1v) is 13.3. The Labute approximate surface area is 215 Å². The third-order valence-corrected chi connectivity index (χ3v) is 8.29. The topological polar surface area (TPSA) is 83.1 Å². The van der Waals surface area contributed by atoms with E-state index in [0.29, 0.717) is 5.92 Å². The summed E-state index contributed by atoms with van der Waals surface area (Å²) < 4.78 is 1.27. The first-order valence-electron chi connectivity index (χ1n) is 12.4. The van der Waals surface area contributed by atoms with E-state index in [1.807, 2.05) is 6.92 Å². The Bertz CT molecular complexity index is 2200. The summed E-state index contributed by atoms with van der Waals surface area (Å²) in [6.07, 6.45) is 3.50. The van der Waals surface area contributed by atoms with Gasteiger partial charge >= 0.3 is 0 Å². The standard InChI is InChI=1S/C30H22N6S/c1-14(2)30-35-24-19-7-5-17(13-22(19)29-20(8-11-37-29)26(24)36-30)16-4-6-18-21(12-16)23-27(32-10-9-31-23)28-25(18)33-15(3)34-28/h4-14H,1-3H3,(H,33,34)(H,35,36). The van der Waals surface area contributed by atoms with Crippen LogP contribution in [0.3, 0.4) is 0 Å². The van der Waals surface area contributed by atoms with Crippen molar-refractivity contribution >= 4 is 76.1 Å². The second-order valence-electron chi connectivity index (χ2n) is 9.98. The van der Waals surface area contributed by atoms with Gasteiger partial charge in [-0.2, -0.15) is 0 Å². The molecule has 7 heteroatoms. The number of aromatic nitrogens is 6. The summed E-state index contributed by atoms with van der Waals surface area (Å²) in [5.74, 6) is 2.25. The fraction of sp³-hybridized carbons (Fsp3) is 0.133. The molecule has 0 saturated heterocycles. The number of rotatable bonds is 2. The largest absolute Gasteiger partial charge is 0.341 e. The molecule has 0 spiro atoms. The molecule has 8 aromatic rings. The number of fused-ring (bicyclic) bond motifs is 12. The van der Waals surface area contributed by atoms with Gasteiger partial charge in [-0.25, -0.2) is 9.97 Å². The van der Waals surface area contributed by atoms with Gasteiger partial charge in [0.25, 0.3) is 0 Å². The van der Waals surface area contributed by atoms with Crippen molar-refractivity contribution in [2.24, 2.45) is 0 Å². The van der Waals surface area contributed by atoms with Gasteiger partial charge in [-0.15, -0.1) is 11.3 Å². The van der Waals surface area contributed by atoms with Crippen LogP contribution in [0.5, 0.6) is 0 Å². The van der Waals surface area contributed by atoms with Crippen molar-refractivity contribution in [3.8, 4) is 11.1 Å². The van der Waals surface area contributed by atoms with E-state index in [0.717, 1.165) is 61.1 Å². The zero-order valence-corrected chi connectivity index (χ0v) is 21.4. The lowest BCUT2D eigenvalue weighted by atomic mass is 9.96. The molecule has 4 aromatic carbocycles. The molecular formula is C30H22N6S. The quantitative estimate of drug-likeness (QED) is 0.237. The zero-order valence-electron chi connectivity index (χ0n) is 20.5. The lowest BCUT2D eigenvalue weighted by molar-refractivity contribution is 0.799. The van der Waals surface area contributed by atoms with Gasteiger partial charge in [-0.1, -0.05) is 38.1 Å². The van der Waals surface area contributed by atoms with Gasteiger partial charge in [-0.05, 0) is 41.6 Å². The Hall–Kier alpha value is -4.36. The molecule has 0 aliphatic rings. The van der Waals surface area contributed by atoms with Crippen molar-refractivity contribution < 1.29 is 0 Å². The maximum absolute atomic E-state index is 4.96. The Morgan fingerprint density at radius 2 is 1.41 bits per heavy atom. The van der Waals surface area contributed by atoms with Crippen molar-refractivity contribution in [2.75, 3.05) is 0 Å². The van der Waals surface area contributed by atoms with Crippen LogP contribution in [0, 0.1) is 6.92 Å².